The standard InChI is InChI=1S/C19H20ClN3O2/c1-13-2-8-17(9-3-13)23-12-16(10-18(23)24)22-19(25)21-11-14-4-6-15(20)7-5-14/h2-9,16H,10-12H2,1H3,(H2,21,22,25). The van der Waals surface area contributed by atoms with Crippen LogP contribution in [0.1, 0.15) is 17.5 Å². The van der Waals surface area contributed by atoms with Crippen molar-refractivity contribution in [2.24, 2.45) is 0 Å². The Morgan fingerprint density at radius 2 is 1.84 bits per heavy atom. The van der Waals surface area contributed by atoms with Crippen LogP contribution in [-0.4, -0.2) is 24.5 Å². The van der Waals surface area contributed by atoms with E-state index in [0.717, 1.165) is 16.8 Å². The molecule has 2 aromatic carbocycles. The summed E-state index contributed by atoms with van der Waals surface area (Å²) in [5.41, 5.74) is 2.97. The molecule has 0 radical (unpaired) electrons. The van der Waals surface area contributed by atoms with Gasteiger partial charge in [-0.05, 0) is 36.8 Å². The number of aryl methyl sites for hydroxylation is 1. The Hall–Kier alpha value is -2.53. The van der Waals surface area contributed by atoms with E-state index in [-0.39, 0.29) is 18.0 Å². The number of halogens is 1. The zero-order valence-electron chi connectivity index (χ0n) is 14.0. The molecule has 5 nitrogen and oxygen atoms in total. The molecule has 130 valence electrons. The lowest BCUT2D eigenvalue weighted by atomic mass is 10.2. The second kappa shape index (κ2) is 7.57. The van der Waals surface area contributed by atoms with Gasteiger partial charge in [-0.2, -0.15) is 0 Å². The molecule has 25 heavy (non-hydrogen) atoms. The fourth-order valence-corrected chi connectivity index (χ4v) is 2.93. The average molecular weight is 358 g/mol. The maximum Gasteiger partial charge on any atom is 0.315 e. The Kier molecular flexibility index (Phi) is 5.24. The Balaban J connectivity index is 1.51. The summed E-state index contributed by atoms with van der Waals surface area (Å²) in [5, 5.41) is 6.32. The van der Waals surface area contributed by atoms with E-state index in [2.05, 4.69) is 10.6 Å². The van der Waals surface area contributed by atoms with Gasteiger partial charge in [-0.3, -0.25) is 4.79 Å². The predicted octanol–water partition coefficient (Wildman–Crippen LogP) is 3.25. The third-order valence-electron chi connectivity index (χ3n) is 4.17. The van der Waals surface area contributed by atoms with Gasteiger partial charge in [0.2, 0.25) is 5.91 Å². The molecule has 6 heteroatoms. The van der Waals surface area contributed by atoms with Gasteiger partial charge in [0.25, 0.3) is 0 Å². The van der Waals surface area contributed by atoms with Crippen LogP contribution < -0.4 is 15.5 Å². The summed E-state index contributed by atoms with van der Waals surface area (Å²) in [6.07, 6.45) is 0.308. The summed E-state index contributed by atoms with van der Waals surface area (Å²) in [6.45, 7) is 2.90. The topological polar surface area (TPSA) is 61.4 Å². The predicted molar refractivity (Wildman–Crippen MR) is 98.8 cm³/mol. The van der Waals surface area contributed by atoms with Crippen molar-refractivity contribution in [3.8, 4) is 0 Å². The van der Waals surface area contributed by atoms with Gasteiger partial charge in [0.15, 0.2) is 0 Å². The molecule has 0 saturated carbocycles. The molecule has 3 amide bonds. The molecule has 1 aliphatic heterocycles. The molecule has 2 aromatic rings. The number of hydrogen-bond donors (Lipinski definition) is 2. The lowest BCUT2D eigenvalue weighted by Crippen LogP contribution is -2.43. The largest absolute Gasteiger partial charge is 0.334 e. The highest BCUT2D eigenvalue weighted by Gasteiger charge is 2.31. The van der Waals surface area contributed by atoms with E-state index < -0.39 is 0 Å². The van der Waals surface area contributed by atoms with Crippen LogP contribution in [0.5, 0.6) is 0 Å². The van der Waals surface area contributed by atoms with Crippen LogP contribution in [0, 0.1) is 6.92 Å². The summed E-state index contributed by atoms with van der Waals surface area (Å²) >= 11 is 5.84. The van der Waals surface area contributed by atoms with E-state index in [9.17, 15) is 9.59 Å². The first-order chi connectivity index (χ1) is 12.0. The molecule has 0 aromatic heterocycles. The number of benzene rings is 2. The van der Waals surface area contributed by atoms with Crippen LogP contribution in [0.2, 0.25) is 5.02 Å². The minimum atomic E-state index is -0.279. The van der Waals surface area contributed by atoms with Gasteiger partial charge in [-0.25, -0.2) is 4.79 Å². The molecular weight excluding hydrogens is 338 g/mol. The van der Waals surface area contributed by atoms with Crippen molar-refractivity contribution in [2.75, 3.05) is 11.4 Å². The fraction of sp³-hybridized carbons (Fsp3) is 0.263. The smallest absolute Gasteiger partial charge is 0.315 e. The molecule has 0 aliphatic carbocycles. The number of urea groups is 1. The molecule has 1 saturated heterocycles. The van der Waals surface area contributed by atoms with Gasteiger partial charge < -0.3 is 15.5 Å². The van der Waals surface area contributed by atoms with Crippen molar-refractivity contribution < 1.29 is 9.59 Å². The molecule has 1 aliphatic rings. The molecule has 1 fully saturated rings. The molecular formula is C19H20ClN3O2. The third-order valence-corrected chi connectivity index (χ3v) is 4.42. The van der Waals surface area contributed by atoms with Gasteiger partial charge >= 0.3 is 6.03 Å². The van der Waals surface area contributed by atoms with Crippen LogP contribution in [0.4, 0.5) is 10.5 Å². The number of nitrogens with one attached hydrogen (secondary N) is 2. The van der Waals surface area contributed by atoms with E-state index in [4.69, 9.17) is 11.6 Å². The summed E-state index contributed by atoms with van der Waals surface area (Å²) < 4.78 is 0. The monoisotopic (exact) mass is 357 g/mol. The Morgan fingerprint density at radius 3 is 2.52 bits per heavy atom. The molecule has 2 N–H and O–H groups in total. The second-order valence-electron chi connectivity index (χ2n) is 6.19. The van der Waals surface area contributed by atoms with Crippen LogP contribution in [0.15, 0.2) is 48.5 Å². The minimum Gasteiger partial charge on any atom is -0.334 e. The molecule has 0 spiro atoms. The van der Waals surface area contributed by atoms with Gasteiger partial charge in [-0.1, -0.05) is 41.4 Å². The van der Waals surface area contributed by atoms with E-state index >= 15 is 0 Å². The first-order valence-electron chi connectivity index (χ1n) is 8.17. The number of amides is 3. The molecule has 1 unspecified atom stereocenters. The van der Waals surface area contributed by atoms with Crippen molar-refractivity contribution in [1.82, 2.24) is 10.6 Å². The molecule has 0 bridgehead atoms. The zero-order chi connectivity index (χ0) is 17.8. The van der Waals surface area contributed by atoms with E-state index in [1.54, 1.807) is 17.0 Å². The SMILES string of the molecule is Cc1ccc(N2CC(NC(=O)NCc3ccc(Cl)cc3)CC2=O)cc1. The highest BCUT2D eigenvalue weighted by molar-refractivity contribution is 6.30. The van der Waals surface area contributed by atoms with Crippen molar-refractivity contribution in [1.29, 1.82) is 0 Å². The normalized spacial score (nSPS) is 16.8. The average Bonchev–Trinajstić information content (AvgIpc) is 2.95. The van der Waals surface area contributed by atoms with E-state index in [1.807, 2.05) is 43.3 Å². The Morgan fingerprint density at radius 1 is 1.16 bits per heavy atom. The van der Waals surface area contributed by atoms with Gasteiger partial charge in [0.05, 0.1) is 6.04 Å². The summed E-state index contributed by atoms with van der Waals surface area (Å²) in [6, 6.07) is 14.6. The Bertz CT molecular complexity index is 759. The maximum atomic E-state index is 12.2. The quantitative estimate of drug-likeness (QED) is 0.882. The number of rotatable bonds is 4. The third kappa shape index (κ3) is 4.51. The van der Waals surface area contributed by atoms with Crippen LogP contribution >= 0.6 is 11.6 Å². The zero-order valence-corrected chi connectivity index (χ0v) is 14.7. The number of carbonyl (C=O) groups excluding carboxylic acids is 2. The summed E-state index contributed by atoms with van der Waals surface area (Å²) in [4.78, 5) is 26.0. The van der Waals surface area contributed by atoms with Crippen molar-refractivity contribution >= 4 is 29.2 Å². The minimum absolute atomic E-state index is 0.0202. The highest BCUT2D eigenvalue weighted by Crippen LogP contribution is 2.21. The number of hydrogen-bond acceptors (Lipinski definition) is 2. The lowest BCUT2D eigenvalue weighted by Gasteiger charge is -2.17. The number of anilines is 1. The van der Waals surface area contributed by atoms with E-state index in [1.165, 1.54) is 0 Å². The molecule has 3 rings (SSSR count). The van der Waals surface area contributed by atoms with Gasteiger partial charge in [-0.15, -0.1) is 0 Å². The van der Waals surface area contributed by atoms with Gasteiger partial charge in [0.1, 0.15) is 0 Å². The van der Waals surface area contributed by atoms with Crippen molar-refractivity contribution in [3.63, 3.8) is 0 Å². The molecule has 1 atom stereocenters. The Labute approximate surface area is 152 Å². The lowest BCUT2D eigenvalue weighted by molar-refractivity contribution is -0.117. The van der Waals surface area contributed by atoms with Crippen molar-refractivity contribution in [3.05, 3.63) is 64.7 Å². The van der Waals surface area contributed by atoms with Crippen LogP contribution in [0.25, 0.3) is 0 Å². The van der Waals surface area contributed by atoms with Crippen molar-refractivity contribution in [2.45, 2.75) is 25.9 Å². The number of nitrogens with zero attached hydrogens (tertiary/aromatic N) is 1. The van der Waals surface area contributed by atoms with E-state index in [0.29, 0.717) is 24.5 Å². The maximum absolute atomic E-state index is 12.2. The first-order valence-corrected chi connectivity index (χ1v) is 8.55. The van der Waals surface area contributed by atoms with Gasteiger partial charge in [0, 0.05) is 30.2 Å². The first kappa shape index (κ1) is 17.3. The highest BCUT2D eigenvalue weighted by atomic mass is 35.5. The number of carbonyl (C=O) groups is 2. The van der Waals surface area contributed by atoms with Crippen LogP contribution in [-0.2, 0) is 11.3 Å². The van der Waals surface area contributed by atoms with Crippen LogP contribution in [0.3, 0.4) is 0 Å². The fourth-order valence-electron chi connectivity index (χ4n) is 2.80. The summed E-state index contributed by atoms with van der Waals surface area (Å²) in [7, 11) is 0. The second-order valence-corrected chi connectivity index (χ2v) is 6.63. The molecule has 1 heterocycles. The summed E-state index contributed by atoms with van der Waals surface area (Å²) in [5.74, 6) is 0.0202.